The minimum atomic E-state index is 0.805. The van der Waals surface area contributed by atoms with Gasteiger partial charge in [0.05, 0.1) is 4.88 Å². The zero-order valence-corrected chi connectivity index (χ0v) is 10.6. The van der Waals surface area contributed by atoms with E-state index in [1.165, 1.54) is 11.5 Å². The van der Waals surface area contributed by atoms with Crippen LogP contribution in [-0.4, -0.2) is 16.6 Å². The Kier molecular flexibility index (Phi) is 3.45. The van der Waals surface area contributed by atoms with E-state index in [1.807, 2.05) is 25.2 Å². The van der Waals surface area contributed by atoms with Gasteiger partial charge in [-0.2, -0.15) is 0 Å². The summed E-state index contributed by atoms with van der Waals surface area (Å²) in [6.45, 7) is 0.805. The van der Waals surface area contributed by atoms with Crippen molar-refractivity contribution in [2.45, 2.75) is 6.54 Å². The molecule has 0 amide bonds. The third kappa shape index (κ3) is 2.42. The van der Waals surface area contributed by atoms with Crippen molar-refractivity contribution < 1.29 is 0 Å². The highest BCUT2D eigenvalue weighted by Gasteiger charge is 2.09. The van der Waals surface area contributed by atoms with Gasteiger partial charge in [0.15, 0.2) is 0 Å². The van der Waals surface area contributed by atoms with Gasteiger partial charge in [-0.25, -0.2) is 0 Å². The van der Waals surface area contributed by atoms with E-state index in [0.717, 1.165) is 27.2 Å². The minimum Gasteiger partial charge on any atom is -0.315 e. The quantitative estimate of drug-likeness (QED) is 0.941. The molecule has 2 aromatic rings. The molecule has 1 N–H and O–H groups in total. The summed E-state index contributed by atoms with van der Waals surface area (Å²) in [7, 11) is 1.92. The van der Waals surface area contributed by atoms with Crippen molar-refractivity contribution in [3.05, 3.63) is 33.6 Å². The number of halogens is 1. The summed E-state index contributed by atoms with van der Waals surface area (Å²) in [6, 6.07) is 8.10. The number of aromatic nitrogens is 2. The maximum Gasteiger partial charge on any atom is 0.110 e. The van der Waals surface area contributed by atoms with Gasteiger partial charge in [-0.15, -0.1) is 5.10 Å². The molecule has 0 radical (unpaired) electrons. The molecule has 0 unspecified atom stereocenters. The van der Waals surface area contributed by atoms with Gasteiger partial charge in [0.25, 0.3) is 0 Å². The molecule has 2 rings (SSSR count). The van der Waals surface area contributed by atoms with Crippen LogP contribution in [0.1, 0.15) is 4.88 Å². The standard InChI is InChI=1S/C10H10BrN3S/c1-12-6-9-10(13-14-15-9)7-3-2-4-8(11)5-7/h2-5,12H,6H2,1H3. The zero-order valence-electron chi connectivity index (χ0n) is 8.20. The highest BCUT2D eigenvalue weighted by Crippen LogP contribution is 2.25. The molecule has 0 saturated heterocycles. The topological polar surface area (TPSA) is 37.8 Å². The Morgan fingerprint density at radius 1 is 1.47 bits per heavy atom. The van der Waals surface area contributed by atoms with E-state index in [0.29, 0.717) is 0 Å². The SMILES string of the molecule is CNCc1snnc1-c1cccc(Br)c1. The summed E-state index contributed by atoms with van der Waals surface area (Å²) < 4.78 is 5.04. The summed E-state index contributed by atoms with van der Waals surface area (Å²) in [6.07, 6.45) is 0. The first-order chi connectivity index (χ1) is 7.31. The molecule has 1 aromatic heterocycles. The van der Waals surface area contributed by atoms with Crippen LogP contribution in [0, 0.1) is 0 Å². The predicted octanol–water partition coefficient (Wildman–Crippen LogP) is 2.69. The molecule has 3 nitrogen and oxygen atoms in total. The molecular weight excluding hydrogens is 274 g/mol. The van der Waals surface area contributed by atoms with Crippen molar-refractivity contribution in [1.82, 2.24) is 14.9 Å². The van der Waals surface area contributed by atoms with Gasteiger partial charge in [0.1, 0.15) is 5.69 Å². The maximum absolute atomic E-state index is 4.15. The Morgan fingerprint density at radius 2 is 2.33 bits per heavy atom. The van der Waals surface area contributed by atoms with Gasteiger partial charge in [0.2, 0.25) is 0 Å². The fraction of sp³-hybridized carbons (Fsp3) is 0.200. The lowest BCUT2D eigenvalue weighted by atomic mass is 10.1. The van der Waals surface area contributed by atoms with E-state index in [-0.39, 0.29) is 0 Å². The Hall–Kier alpha value is -0.780. The van der Waals surface area contributed by atoms with Crippen molar-refractivity contribution in [2.24, 2.45) is 0 Å². The van der Waals surface area contributed by atoms with Crippen molar-refractivity contribution >= 4 is 27.5 Å². The Bertz CT molecular complexity index is 455. The smallest absolute Gasteiger partial charge is 0.110 e. The van der Waals surface area contributed by atoms with Crippen LogP contribution in [-0.2, 0) is 6.54 Å². The van der Waals surface area contributed by atoms with Crippen LogP contribution in [0.15, 0.2) is 28.7 Å². The van der Waals surface area contributed by atoms with Crippen LogP contribution >= 0.6 is 27.5 Å². The van der Waals surface area contributed by atoms with Crippen LogP contribution < -0.4 is 5.32 Å². The molecule has 5 heteroatoms. The average Bonchev–Trinajstić information content (AvgIpc) is 2.66. The number of rotatable bonds is 3. The maximum atomic E-state index is 4.15. The van der Waals surface area contributed by atoms with Gasteiger partial charge in [0, 0.05) is 16.6 Å². The van der Waals surface area contributed by atoms with E-state index < -0.39 is 0 Å². The van der Waals surface area contributed by atoms with Gasteiger partial charge >= 0.3 is 0 Å². The van der Waals surface area contributed by atoms with Crippen LogP contribution in [0.5, 0.6) is 0 Å². The van der Waals surface area contributed by atoms with E-state index in [4.69, 9.17) is 0 Å². The van der Waals surface area contributed by atoms with Crippen molar-refractivity contribution in [2.75, 3.05) is 7.05 Å². The summed E-state index contributed by atoms with van der Waals surface area (Å²) in [4.78, 5) is 1.16. The molecule has 0 aliphatic rings. The van der Waals surface area contributed by atoms with Crippen LogP contribution in [0.4, 0.5) is 0 Å². The van der Waals surface area contributed by atoms with Crippen molar-refractivity contribution in [3.63, 3.8) is 0 Å². The van der Waals surface area contributed by atoms with Crippen molar-refractivity contribution in [3.8, 4) is 11.3 Å². The Labute approximate surface area is 101 Å². The highest BCUT2D eigenvalue weighted by molar-refractivity contribution is 9.10. The third-order valence-corrected chi connectivity index (χ3v) is 3.21. The molecule has 0 fully saturated rings. The molecule has 78 valence electrons. The van der Waals surface area contributed by atoms with Gasteiger partial charge in [-0.3, -0.25) is 0 Å². The average molecular weight is 284 g/mol. The third-order valence-electron chi connectivity index (χ3n) is 1.99. The molecule has 1 aromatic carbocycles. The fourth-order valence-electron chi connectivity index (χ4n) is 1.34. The minimum absolute atomic E-state index is 0.805. The van der Waals surface area contributed by atoms with E-state index in [2.05, 4.69) is 36.9 Å². The van der Waals surface area contributed by atoms with Crippen LogP contribution in [0.3, 0.4) is 0 Å². The van der Waals surface area contributed by atoms with Crippen LogP contribution in [0.25, 0.3) is 11.3 Å². The molecule has 1 heterocycles. The second-order valence-electron chi connectivity index (χ2n) is 3.09. The Balaban J connectivity index is 2.40. The second kappa shape index (κ2) is 4.83. The summed E-state index contributed by atoms with van der Waals surface area (Å²) in [5.41, 5.74) is 2.07. The van der Waals surface area contributed by atoms with Crippen LogP contribution in [0.2, 0.25) is 0 Å². The number of nitrogens with one attached hydrogen (secondary N) is 1. The molecule has 0 aliphatic heterocycles. The lowest BCUT2D eigenvalue weighted by Crippen LogP contribution is -2.04. The molecule has 0 atom stereocenters. The molecular formula is C10H10BrN3S. The number of hydrogen-bond acceptors (Lipinski definition) is 4. The fourth-order valence-corrected chi connectivity index (χ4v) is 2.41. The molecule has 15 heavy (non-hydrogen) atoms. The number of benzene rings is 1. The van der Waals surface area contributed by atoms with E-state index in [1.54, 1.807) is 0 Å². The number of nitrogens with zero attached hydrogens (tertiary/aromatic N) is 2. The highest BCUT2D eigenvalue weighted by atomic mass is 79.9. The summed E-state index contributed by atoms with van der Waals surface area (Å²) in [5.74, 6) is 0. The first kappa shape index (κ1) is 10.7. The molecule has 0 spiro atoms. The van der Waals surface area contributed by atoms with Gasteiger partial charge in [-0.05, 0) is 30.7 Å². The van der Waals surface area contributed by atoms with E-state index in [9.17, 15) is 0 Å². The Morgan fingerprint density at radius 3 is 3.07 bits per heavy atom. The van der Waals surface area contributed by atoms with Gasteiger partial charge < -0.3 is 5.32 Å². The molecule has 0 bridgehead atoms. The lowest BCUT2D eigenvalue weighted by molar-refractivity contribution is 0.830. The first-order valence-corrected chi connectivity index (χ1v) is 6.09. The largest absolute Gasteiger partial charge is 0.315 e. The predicted molar refractivity (Wildman–Crippen MR) is 65.8 cm³/mol. The number of hydrogen-bond donors (Lipinski definition) is 1. The second-order valence-corrected chi connectivity index (χ2v) is 4.84. The monoisotopic (exact) mass is 283 g/mol. The van der Waals surface area contributed by atoms with E-state index >= 15 is 0 Å². The van der Waals surface area contributed by atoms with Crippen molar-refractivity contribution in [1.29, 1.82) is 0 Å². The molecule has 0 aliphatic carbocycles. The summed E-state index contributed by atoms with van der Waals surface area (Å²) >= 11 is 4.89. The summed E-state index contributed by atoms with van der Waals surface area (Å²) in [5, 5.41) is 7.27. The first-order valence-electron chi connectivity index (χ1n) is 4.53. The van der Waals surface area contributed by atoms with Gasteiger partial charge in [-0.1, -0.05) is 32.6 Å². The zero-order chi connectivity index (χ0) is 10.7. The lowest BCUT2D eigenvalue weighted by Gasteiger charge is -2.00. The normalized spacial score (nSPS) is 10.5. The molecule has 0 saturated carbocycles.